The van der Waals surface area contributed by atoms with Crippen molar-refractivity contribution in [3.8, 4) is 0 Å². The molecule has 7 nitrogen and oxygen atoms in total. The quantitative estimate of drug-likeness (QED) is 0.806. The number of aromatic nitrogens is 2. The van der Waals surface area contributed by atoms with Gasteiger partial charge in [0.25, 0.3) is 0 Å². The summed E-state index contributed by atoms with van der Waals surface area (Å²) in [4.78, 5) is 28.2. The van der Waals surface area contributed by atoms with Crippen LogP contribution < -0.4 is 10.2 Å². The van der Waals surface area contributed by atoms with Crippen LogP contribution in [0.2, 0.25) is 0 Å². The van der Waals surface area contributed by atoms with Crippen LogP contribution in [0.3, 0.4) is 0 Å². The summed E-state index contributed by atoms with van der Waals surface area (Å²) < 4.78 is 0. The predicted molar refractivity (Wildman–Crippen MR) is 98.5 cm³/mol. The molecular formula is C18H30N6O. The molecule has 3 rings (SSSR count). The molecule has 0 unspecified atom stereocenters. The second kappa shape index (κ2) is 7.66. The van der Waals surface area contributed by atoms with Gasteiger partial charge >= 0.3 is 0 Å². The lowest BCUT2D eigenvalue weighted by molar-refractivity contribution is -0.126. The Morgan fingerprint density at radius 3 is 2.68 bits per heavy atom. The maximum absolute atomic E-state index is 12.7. The van der Waals surface area contributed by atoms with Crippen molar-refractivity contribution in [1.29, 1.82) is 0 Å². The smallest absolute Gasteiger partial charge is 0.237 e. The van der Waals surface area contributed by atoms with E-state index in [9.17, 15) is 4.79 Å². The average Bonchev–Trinajstić information content (AvgIpc) is 3.12. The summed E-state index contributed by atoms with van der Waals surface area (Å²) in [5.74, 6) is 1.47. The van der Waals surface area contributed by atoms with E-state index >= 15 is 0 Å². The molecule has 2 aliphatic heterocycles. The molecule has 25 heavy (non-hydrogen) atoms. The first-order valence-corrected chi connectivity index (χ1v) is 9.19. The molecule has 0 aliphatic carbocycles. The maximum Gasteiger partial charge on any atom is 0.237 e. The van der Waals surface area contributed by atoms with E-state index in [0.29, 0.717) is 24.5 Å². The van der Waals surface area contributed by atoms with Crippen molar-refractivity contribution in [2.75, 3.05) is 45.2 Å². The van der Waals surface area contributed by atoms with Gasteiger partial charge in [-0.25, -0.2) is 9.97 Å². The van der Waals surface area contributed by atoms with Gasteiger partial charge in [0.05, 0.1) is 6.04 Å². The van der Waals surface area contributed by atoms with Crippen LogP contribution in [0.15, 0.2) is 18.5 Å². The monoisotopic (exact) mass is 346 g/mol. The lowest BCUT2D eigenvalue weighted by Gasteiger charge is -2.33. The Morgan fingerprint density at radius 2 is 2.04 bits per heavy atom. The van der Waals surface area contributed by atoms with Crippen LogP contribution in [0.5, 0.6) is 0 Å². The highest BCUT2D eigenvalue weighted by molar-refractivity contribution is 5.82. The topological polar surface area (TPSA) is 64.6 Å². The van der Waals surface area contributed by atoms with E-state index in [0.717, 1.165) is 32.0 Å². The van der Waals surface area contributed by atoms with Crippen LogP contribution in [-0.4, -0.2) is 84.1 Å². The number of rotatable bonds is 6. The van der Waals surface area contributed by atoms with Gasteiger partial charge in [-0.2, -0.15) is 0 Å². The lowest BCUT2D eigenvalue weighted by Crippen LogP contribution is -2.51. The van der Waals surface area contributed by atoms with Crippen molar-refractivity contribution in [2.45, 2.75) is 38.4 Å². The van der Waals surface area contributed by atoms with Crippen molar-refractivity contribution >= 4 is 11.9 Å². The standard InChI is InChI=1S/C18H30N6O/c1-13(2)24-15(17(25)19-8-9-22(3)4)10-14-11-23(12-16(14)24)18-20-6-5-7-21-18/h5-7,13-16H,8-12H2,1-4H3,(H,19,25)/t14-,15+,16+/m1/s1. The minimum absolute atomic E-state index is 0.0176. The van der Waals surface area contributed by atoms with Crippen LogP contribution in [0.1, 0.15) is 20.3 Å². The van der Waals surface area contributed by atoms with Gasteiger partial charge in [0.15, 0.2) is 0 Å². The molecule has 2 fully saturated rings. The number of carbonyl (C=O) groups excluding carboxylic acids is 1. The number of hydrogen-bond acceptors (Lipinski definition) is 6. The van der Waals surface area contributed by atoms with E-state index in [2.05, 4.69) is 43.8 Å². The van der Waals surface area contributed by atoms with Gasteiger partial charge in [-0.3, -0.25) is 9.69 Å². The Hall–Kier alpha value is -1.73. The molecule has 138 valence electrons. The Labute approximate surface area is 150 Å². The van der Waals surface area contributed by atoms with Gasteiger partial charge in [-0.15, -0.1) is 0 Å². The zero-order valence-corrected chi connectivity index (χ0v) is 15.7. The van der Waals surface area contributed by atoms with Gasteiger partial charge in [0.2, 0.25) is 11.9 Å². The van der Waals surface area contributed by atoms with Gasteiger partial charge in [0.1, 0.15) is 0 Å². The van der Waals surface area contributed by atoms with E-state index in [-0.39, 0.29) is 11.9 Å². The number of hydrogen-bond donors (Lipinski definition) is 1. The summed E-state index contributed by atoms with van der Waals surface area (Å²) in [5, 5.41) is 3.11. The van der Waals surface area contributed by atoms with Crippen molar-refractivity contribution in [2.24, 2.45) is 5.92 Å². The molecule has 1 N–H and O–H groups in total. The van der Waals surface area contributed by atoms with Crippen molar-refractivity contribution in [1.82, 2.24) is 25.1 Å². The average molecular weight is 346 g/mol. The Balaban J connectivity index is 1.65. The molecule has 0 radical (unpaired) electrons. The third kappa shape index (κ3) is 3.93. The van der Waals surface area contributed by atoms with Gasteiger partial charge < -0.3 is 15.1 Å². The Morgan fingerprint density at radius 1 is 1.32 bits per heavy atom. The number of fused-ring (bicyclic) bond motifs is 1. The van der Waals surface area contributed by atoms with Crippen LogP contribution in [-0.2, 0) is 4.79 Å². The summed E-state index contributed by atoms with van der Waals surface area (Å²) in [5.41, 5.74) is 0. The first-order valence-electron chi connectivity index (χ1n) is 9.19. The van der Waals surface area contributed by atoms with E-state index < -0.39 is 0 Å². The number of anilines is 1. The third-order valence-corrected chi connectivity index (χ3v) is 5.27. The number of amides is 1. The van der Waals surface area contributed by atoms with Crippen LogP contribution in [0.25, 0.3) is 0 Å². The summed E-state index contributed by atoms with van der Waals surface area (Å²) >= 11 is 0. The molecule has 0 saturated carbocycles. The molecule has 2 saturated heterocycles. The Bertz CT molecular complexity index is 578. The number of carbonyl (C=O) groups is 1. The predicted octanol–water partition coefficient (Wildman–Crippen LogP) is 0.442. The van der Waals surface area contributed by atoms with Crippen LogP contribution >= 0.6 is 0 Å². The summed E-state index contributed by atoms with van der Waals surface area (Å²) in [7, 11) is 4.04. The fourth-order valence-electron chi connectivity index (χ4n) is 4.19. The SMILES string of the molecule is CC(C)N1[C@H](C(=O)NCCN(C)C)C[C@@H]2CN(c3ncccn3)C[C@@H]21. The summed E-state index contributed by atoms with van der Waals surface area (Å²) in [6.07, 6.45) is 4.50. The second-order valence-corrected chi connectivity index (χ2v) is 7.67. The largest absolute Gasteiger partial charge is 0.353 e. The zero-order valence-electron chi connectivity index (χ0n) is 15.7. The molecule has 7 heteroatoms. The molecule has 1 aromatic heterocycles. The summed E-state index contributed by atoms with van der Waals surface area (Å²) in [6, 6.07) is 2.57. The van der Waals surface area contributed by atoms with Crippen molar-refractivity contribution in [3.05, 3.63) is 18.5 Å². The molecule has 1 amide bonds. The zero-order chi connectivity index (χ0) is 18.0. The van der Waals surface area contributed by atoms with Crippen LogP contribution in [0.4, 0.5) is 5.95 Å². The minimum Gasteiger partial charge on any atom is -0.353 e. The number of likely N-dealkylation sites (N-methyl/N-ethyl adjacent to an activating group) is 1. The molecule has 2 aliphatic rings. The summed E-state index contributed by atoms with van der Waals surface area (Å²) in [6.45, 7) is 7.77. The van der Waals surface area contributed by atoms with E-state index in [1.807, 2.05) is 20.2 Å². The fraction of sp³-hybridized carbons (Fsp3) is 0.722. The molecule has 3 atom stereocenters. The lowest BCUT2D eigenvalue weighted by atomic mass is 10.0. The maximum atomic E-state index is 12.7. The molecule has 0 bridgehead atoms. The van der Waals surface area contributed by atoms with Gasteiger partial charge in [-0.05, 0) is 46.3 Å². The van der Waals surface area contributed by atoms with Crippen molar-refractivity contribution < 1.29 is 4.79 Å². The van der Waals surface area contributed by atoms with E-state index in [1.54, 1.807) is 12.4 Å². The van der Waals surface area contributed by atoms with Gasteiger partial charge in [0, 0.05) is 50.7 Å². The van der Waals surface area contributed by atoms with E-state index in [1.165, 1.54) is 0 Å². The highest BCUT2D eigenvalue weighted by Gasteiger charge is 2.50. The van der Waals surface area contributed by atoms with Gasteiger partial charge in [-0.1, -0.05) is 0 Å². The highest BCUT2D eigenvalue weighted by Crippen LogP contribution is 2.38. The molecule has 3 heterocycles. The number of nitrogens with zero attached hydrogens (tertiary/aromatic N) is 5. The molecule has 1 aromatic rings. The van der Waals surface area contributed by atoms with Crippen molar-refractivity contribution in [3.63, 3.8) is 0 Å². The number of likely N-dealkylation sites (tertiary alicyclic amines) is 1. The highest BCUT2D eigenvalue weighted by atomic mass is 16.2. The first-order chi connectivity index (χ1) is 12.0. The van der Waals surface area contributed by atoms with E-state index in [4.69, 9.17) is 0 Å². The molecular weight excluding hydrogens is 316 g/mol. The third-order valence-electron chi connectivity index (χ3n) is 5.27. The minimum atomic E-state index is -0.0176. The molecule has 0 aromatic carbocycles. The Kier molecular flexibility index (Phi) is 5.54. The fourth-order valence-corrected chi connectivity index (χ4v) is 4.19. The number of nitrogens with one attached hydrogen (secondary N) is 1. The molecule has 0 spiro atoms. The normalized spacial score (nSPS) is 26.5. The second-order valence-electron chi connectivity index (χ2n) is 7.67. The first kappa shape index (κ1) is 18.1. The van der Waals surface area contributed by atoms with Crippen LogP contribution in [0, 0.1) is 5.92 Å².